The number of carbonyl (C=O) groups is 3. The van der Waals surface area contributed by atoms with Crippen LogP contribution in [0.1, 0.15) is 75.5 Å². The average Bonchev–Trinajstić information content (AvgIpc) is 3.54. The van der Waals surface area contributed by atoms with Gasteiger partial charge in [-0.3, -0.25) is 19.3 Å². The van der Waals surface area contributed by atoms with E-state index >= 15 is 0 Å². The number of nitrogens with one attached hydrogen (secondary N) is 1. The Balaban J connectivity index is 1.88. The summed E-state index contributed by atoms with van der Waals surface area (Å²) in [5.74, 6) is -0.998. The predicted molar refractivity (Wildman–Crippen MR) is 149 cm³/mol. The Kier molecular flexibility index (Phi) is 8.31. The number of ether oxygens (including phenoxy) is 1. The molecule has 2 aromatic carbocycles. The normalized spacial score (nSPS) is 14.2. The number of nitrogens with zero attached hydrogens (tertiary/aromatic N) is 2. The van der Waals surface area contributed by atoms with Crippen LogP contribution in [0.15, 0.2) is 42.5 Å². The number of anilines is 2. The highest BCUT2D eigenvalue weighted by Crippen LogP contribution is 2.36. The molecule has 1 heterocycles. The van der Waals surface area contributed by atoms with E-state index in [1.807, 2.05) is 39.0 Å². The largest absolute Gasteiger partial charge is 0.494 e. The van der Waals surface area contributed by atoms with Crippen LogP contribution < -0.4 is 26.4 Å². The van der Waals surface area contributed by atoms with Crippen LogP contribution in [-0.2, 0) is 4.79 Å². The van der Waals surface area contributed by atoms with Gasteiger partial charge in [0.25, 0.3) is 11.8 Å². The molecular weight excluding hydrogens is 502 g/mol. The molecule has 0 spiro atoms. The number of hydrogen-bond donors (Lipinski definition) is 3. The summed E-state index contributed by atoms with van der Waals surface area (Å²) in [5.41, 5.74) is 14.2. The second-order valence-corrected chi connectivity index (χ2v) is 10.3. The van der Waals surface area contributed by atoms with E-state index in [0.717, 1.165) is 48.3 Å². The number of carbonyl (C=O) groups excluding carboxylic acids is 3. The maximum atomic E-state index is 14.3. The van der Waals surface area contributed by atoms with E-state index in [4.69, 9.17) is 16.2 Å². The molecule has 38 heavy (non-hydrogen) atoms. The monoisotopic (exact) mass is 535 g/mol. The van der Waals surface area contributed by atoms with E-state index < -0.39 is 17.9 Å². The van der Waals surface area contributed by atoms with Gasteiger partial charge in [-0.1, -0.05) is 37.1 Å². The minimum atomic E-state index is -1.02. The van der Waals surface area contributed by atoms with Gasteiger partial charge < -0.3 is 21.5 Å². The third-order valence-corrected chi connectivity index (χ3v) is 7.56. The maximum Gasteiger partial charge on any atom is 0.273 e. The molecule has 1 aliphatic rings. The van der Waals surface area contributed by atoms with Crippen LogP contribution in [0.3, 0.4) is 0 Å². The Bertz CT molecular complexity index is 1330. The highest BCUT2D eigenvalue weighted by Gasteiger charge is 2.37. The third kappa shape index (κ3) is 5.65. The van der Waals surface area contributed by atoms with E-state index in [1.165, 1.54) is 4.90 Å². The van der Waals surface area contributed by atoms with Crippen molar-refractivity contribution in [3.63, 3.8) is 0 Å². The van der Waals surface area contributed by atoms with E-state index in [0.29, 0.717) is 23.6 Å². The van der Waals surface area contributed by atoms with Gasteiger partial charge in [-0.15, -0.1) is 0 Å². The second kappa shape index (κ2) is 11.6. The Morgan fingerprint density at radius 3 is 2.42 bits per heavy atom. The Hall–Kier alpha value is -3.92. The van der Waals surface area contributed by atoms with E-state index in [2.05, 4.69) is 9.69 Å². The molecule has 9 nitrogen and oxygen atoms in total. The van der Waals surface area contributed by atoms with Crippen LogP contribution in [0.2, 0.25) is 0 Å². The lowest BCUT2D eigenvalue weighted by Crippen LogP contribution is -2.46. The molecule has 4 rings (SSSR count). The van der Waals surface area contributed by atoms with Gasteiger partial charge in [-0.25, -0.2) is 0 Å². The zero-order chi connectivity index (χ0) is 27.4. The number of aryl methyl sites for hydroxylation is 2. The van der Waals surface area contributed by atoms with Crippen molar-refractivity contribution >= 4 is 40.6 Å². The first-order chi connectivity index (χ1) is 18.2. The van der Waals surface area contributed by atoms with Crippen LogP contribution in [0.4, 0.5) is 11.4 Å². The smallest absolute Gasteiger partial charge is 0.273 e. The molecule has 0 aliphatic heterocycles. The van der Waals surface area contributed by atoms with Crippen molar-refractivity contribution in [3.05, 3.63) is 69.7 Å². The molecule has 1 fully saturated rings. The quantitative estimate of drug-likeness (QED) is 0.373. The SMILES string of the molecule is CCOc1ccc([C@@H](C(=O)NC2CCCC2)N(C(=O)c2snc(C(N)=O)c2N)c2cc(C)ccc2C)cc1. The molecule has 0 radical (unpaired) electrons. The molecule has 0 bridgehead atoms. The molecule has 1 aliphatic carbocycles. The standard InChI is InChI=1S/C28H33N5O4S/c1-4-37-20-13-11-18(12-14-20)24(27(35)31-19-7-5-6-8-19)33(21-15-16(2)9-10-17(21)3)28(36)25-22(29)23(26(30)34)32-38-25/h9-15,19,24H,4-8,29H2,1-3H3,(H2,30,34)(H,31,35)/t24-/m0/s1. The summed E-state index contributed by atoms with van der Waals surface area (Å²) in [6.07, 6.45) is 3.88. The van der Waals surface area contributed by atoms with Crippen molar-refractivity contribution in [2.24, 2.45) is 5.73 Å². The molecule has 3 aromatic rings. The lowest BCUT2D eigenvalue weighted by Gasteiger charge is -2.33. The van der Waals surface area contributed by atoms with Gasteiger partial charge in [0.15, 0.2) is 5.69 Å². The van der Waals surface area contributed by atoms with Crippen molar-refractivity contribution in [1.82, 2.24) is 9.69 Å². The first-order valence-corrected chi connectivity index (χ1v) is 13.5. The third-order valence-electron chi connectivity index (χ3n) is 6.71. The number of hydrogen-bond acceptors (Lipinski definition) is 7. The zero-order valence-electron chi connectivity index (χ0n) is 21.8. The molecular formula is C28H33N5O4S. The first kappa shape index (κ1) is 27.1. The van der Waals surface area contributed by atoms with Gasteiger partial charge in [0, 0.05) is 11.7 Å². The number of nitrogen functional groups attached to an aromatic ring is 1. The van der Waals surface area contributed by atoms with Crippen LogP contribution in [0.25, 0.3) is 0 Å². The van der Waals surface area contributed by atoms with Gasteiger partial charge in [0.1, 0.15) is 16.7 Å². The summed E-state index contributed by atoms with van der Waals surface area (Å²) in [4.78, 5) is 41.6. The summed E-state index contributed by atoms with van der Waals surface area (Å²) in [6.45, 7) is 6.20. The number of amides is 3. The van der Waals surface area contributed by atoms with E-state index in [9.17, 15) is 14.4 Å². The van der Waals surface area contributed by atoms with E-state index in [1.54, 1.807) is 24.3 Å². The first-order valence-electron chi connectivity index (χ1n) is 12.7. The summed E-state index contributed by atoms with van der Waals surface area (Å²) in [6, 6.07) is 11.9. The molecule has 5 N–H and O–H groups in total. The molecule has 0 unspecified atom stereocenters. The summed E-state index contributed by atoms with van der Waals surface area (Å²) < 4.78 is 9.62. The molecule has 1 aromatic heterocycles. The minimum absolute atomic E-state index is 0.0400. The fourth-order valence-corrected chi connectivity index (χ4v) is 5.51. The van der Waals surface area contributed by atoms with Crippen LogP contribution >= 0.6 is 11.5 Å². The van der Waals surface area contributed by atoms with Crippen LogP contribution in [-0.4, -0.2) is 34.7 Å². The Morgan fingerprint density at radius 1 is 1.13 bits per heavy atom. The number of nitrogens with two attached hydrogens (primary N) is 2. The predicted octanol–water partition coefficient (Wildman–Crippen LogP) is 4.29. The molecule has 1 atom stereocenters. The number of benzene rings is 2. The lowest BCUT2D eigenvalue weighted by atomic mass is 10.00. The van der Waals surface area contributed by atoms with Crippen LogP contribution in [0.5, 0.6) is 5.75 Å². The maximum absolute atomic E-state index is 14.3. The highest BCUT2D eigenvalue weighted by atomic mass is 32.1. The topological polar surface area (TPSA) is 141 Å². The lowest BCUT2D eigenvalue weighted by molar-refractivity contribution is -0.123. The number of primary amides is 1. The minimum Gasteiger partial charge on any atom is -0.494 e. The Labute approximate surface area is 226 Å². The number of rotatable bonds is 9. The van der Waals surface area contributed by atoms with Gasteiger partial charge in [0.2, 0.25) is 5.91 Å². The summed E-state index contributed by atoms with van der Waals surface area (Å²) in [7, 11) is 0. The van der Waals surface area contributed by atoms with Crippen molar-refractivity contribution in [3.8, 4) is 5.75 Å². The van der Waals surface area contributed by atoms with Crippen molar-refractivity contribution < 1.29 is 19.1 Å². The fraction of sp³-hybridized carbons (Fsp3) is 0.357. The zero-order valence-corrected chi connectivity index (χ0v) is 22.6. The fourth-order valence-electron chi connectivity index (χ4n) is 4.76. The second-order valence-electron chi connectivity index (χ2n) is 9.50. The van der Waals surface area contributed by atoms with E-state index in [-0.39, 0.29) is 28.2 Å². The molecule has 200 valence electrons. The molecule has 1 saturated carbocycles. The average molecular weight is 536 g/mol. The molecule has 10 heteroatoms. The van der Waals surface area contributed by atoms with Crippen molar-refractivity contribution in [2.75, 3.05) is 17.2 Å². The highest BCUT2D eigenvalue weighted by molar-refractivity contribution is 7.09. The number of aromatic nitrogens is 1. The van der Waals surface area contributed by atoms with Crippen LogP contribution in [0, 0.1) is 13.8 Å². The van der Waals surface area contributed by atoms with Crippen molar-refractivity contribution in [2.45, 2.75) is 58.5 Å². The van der Waals surface area contributed by atoms with Gasteiger partial charge in [0.05, 0.1) is 12.3 Å². The summed E-state index contributed by atoms with van der Waals surface area (Å²) in [5, 5.41) is 3.16. The molecule has 0 saturated heterocycles. The van der Waals surface area contributed by atoms with Gasteiger partial charge >= 0.3 is 0 Å². The summed E-state index contributed by atoms with van der Waals surface area (Å²) >= 11 is 0.793. The van der Waals surface area contributed by atoms with Crippen molar-refractivity contribution in [1.29, 1.82) is 0 Å². The van der Waals surface area contributed by atoms with Gasteiger partial charge in [-0.05, 0) is 80.0 Å². The Morgan fingerprint density at radius 2 is 1.82 bits per heavy atom. The van der Waals surface area contributed by atoms with Gasteiger partial charge in [-0.2, -0.15) is 4.37 Å². The molecule has 3 amide bonds.